The molecule has 0 bridgehead atoms. The van der Waals surface area contributed by atoms with E-state index in [2.05, 4.69) is 10.1 Å². The lowest BCUT2D eigenvalue weighted by atomic mass is 10.1. The van der Waals surface area contributed by atoms with Crippen LogP contribution in [0.15, 0.2) is 16.7 Å². The van der Waals surface area contributed by atoms with Gasteiger partial charge in [0.05, 0.1) is 25.0 Å². The number of phenolic OH excluding ortho intramolecular Hbond substituents is 1. The summed E-state index contributed by atoms with van der Waals surface area (Å²) in [5.41, 5.74) is 2.20. The Hall–Kier alpha value is -2.39. The van der Waals surface area contributed by atoms with Crippen LogP contribution in [0.3, 0.4) is 0 Å². The molecule has 0 fully saturated rings. The Morgan fingerprint density at radius 3 is 2.60 bits per heavy atom. The van der Waals surface area contributed by atoms with Crippen LogP contribution in [-0.2, 0) is 6.42 Å². The lowest BCUT2D eigenvalue weighted by Gasteiger charge is -2.04. The van der Waals surface area contributed by atoms with E-state index >= 15 is 0 Å². The predicted molar refractivity (Wildman–Crippen MR) is 70.8 cm³/mol. The van der Waals surface area contributed by atoms with E-state index in [0.29, 0.717) is 5.82 Å². The highest BCUT2D eigenvalue weighted by molar-refractivity contribution is 5.60. The molecule has 6 nitrogen and oxygen atoms in total. The van der Waals surface area contributed by atoms with Gasteiger partial charge in [-0.15, -0.1) is 0 Å². The maximum absolute atomic E-state index is 9.73. The maximum Gasteiger partial charge on any atom is 0.229 e. The molecule has 1 unspecified atom stereocenters. The molecule has 6 heteroatoms. The number of nitriles is 1. The van der Waals surface area contributed by atoms with Crippen molar-refractivity contribution in [2.45, 2.75) is 32.8 Å². The average Bonchev–Trinajstić information content (AvgIpc) is 2.84. The number of aromatic nitrogens is 2. The first-order valence-electron chi connectivity index (χ1n) is 6.19. The van der Waals surface area contributed by atoms with Crippen molar-refractivity contribution in [2.24, 2.45) is 0 Å². The van der Waals surface area contributed by atoms with E-state index in [1.807, 2.05) is 6.07 Å². The van der Waals surface area contributed by atoms with Crippen LogP contribution in [0, 0.1) is 25.2 Å². The maximum atomic E-state index is 9.73. The summed E-state index contributed by atoms with van der Waals surface area (Å²) in [5, 5.41) is 31.6. The van der Waals surface area contributed by atoms with Crippen molar-refractivity contribution >= 4 is 0 Å². The minimum atomic E-state index is -0.809. The van der Waals surface area contributed by atoms with Crippen molar-refractivity contribution in [2.75, 3.05) is 0 Å². The summed E-state index contributed by atoms with van der Waals surface area (Å²) >= 11 is 0. The highest BCUT2D eigenvalue weighted by atomic mass is 16.5. The van der Waals surface area contributed by atoms with Crippen molar-refractivity contribution in [1.82, 2.24) is 10.1 Å². The minimum Gasteiger partial charge on any atom is -0.507 e. The summed E-state index contributed by atoms with van der Waals surface area (Å²) in [4.78, 5) is 4.19. The number of hydrogen-bond donors (Lipinski definition) is 2. The summed E-state index contributed by atoms with van der Waals surface area (Å²) in [6.07, 6.45) is -0.636. The molecular weight excluding hydrogens is 258 g/mol. The van der Waals surface area contributed by atoms with Crippen LogP contribution < -0.4 is 0 Å². The van der Waals surface area contributed by atoms with E-state index < -0.39 is 6.10 Å². The summed E-state index contributed by atoms with van der Waals surface area (Å²) in [5.74, 6) is 0.934. The van der Waals surface area contributed by atoms with Crippen molar-refractivity contribution in [3.63, 3.8) is 0 Å². The lowest BCUT2D eigenvalue weighted by molar-refractivity contribution is 0.167. The number of rotatable bonds is 4. The molecule has 0 aliphatic rings. The van der Waals surface area contributed by atoms with Crippen molar-refractivity contribution in [1.29, 1.82) is 5.26 Å². The molecule has 104 valence electrons. The zero-order valence-corrected chi connectivity index (χ0v) is 11.3. The van der Waals surface area contributed by atoms with Crippen LogP contribution in [0.2, 0.25) is 0 Å². The molecule has 0 saturated heterocycles. The molecule has 2 rings (SSSR count). The number of hydrogen-bond acceptors (Lipinski definition) is 6. The number of aromatic hydroxyl groups is 1. The molecule has 0 aliphatic carbocycles. The molecule has 0 aliphatic heterocycles. The van der Waals surface area contributed by atoms with Gasteiger partial charge in [-0.1, -0.05) is 5.16 Å². The molecule has 0 spiro atoms. The second-order valence-corrected chi connectivity index (χ2v) is 4.69. The Morgan fingerprint density at radius 2 is 2.00 bits per heavy atom. The Morgan fingerprint density at radius 1 is 1.35 bits per heavy atom. The normalized spacial score (nSPS) is 12.1. The third-order valence-electron chi connectivity index (χ3n) is 2.95. The van der Waals surface area contributed by atoms with E-state index in [-0.39, 0.29) is 24.5 Å². The van der Waals surface area contributed by atoms with E-state index in [1.54, 1.807) is 26.0 Å². The van der Waals surface area contributed by atoms with Crippen molar-refractivity contribution < 1.29 is 14.7 Å². The molecule has 1 atom stereocenters. The van der Waals surface area contributed by atoms with E-state index in [1.165, 1.54) is 0 Å². The first kappa shape index (κ1) is 14.0. The van der Waals surface area contributed by atoms with Gasteiger partial charge in [0, 0.05) is 5.56 Å². The van der Waals surface area contributed by atoms with Crippen LogP contribution in [0.25, 0.3) is 11.4 Å². The second-order valence-electron chi connectivity index (χ2n) is 4.69. The molecule has 0 saturated carbocycles. The smallest absolute Gasteiger partial charge is 0.229 e. The molecule has 2 N–H and O–H groups in total. The molecule has 1 aromatic heterocycles. The molecule has 1 heterocycles. The molecular formula is C14H15N3O3. The number of aryl methyl sites for hydroxylation is 2. The summed E-state index contributed by atoms with van der Waals surface area (Å²) < 4.78 is 5.05. The van der Waals surface area contributed by atoms with Gasteiger partial charge in [-0.05, 0) is 37.1 Å². The Labute approximate surface area is 116 Å². The van der Waals surface area contributed by atoms with Gasteiger partial charge in [0.25, 0.3) is 0 Å². The van der Waals surface area contributed by atoms with Crippen molar-refractivity contribution in [3.8, 4) is 23.2 Å². The number of aliphatic hydroxyl groups is 1. The van der Waals surface area contributed by atoms with Crippen LogP contribution in [0.4, 0.5) is 0 Å². The largest absolute Gasteiger partial charge is 0.507 e. The van der Waals surface area contributed by atoms with Gasteiger partial charge in [0.15, 0.2) is 0 Å². The first-order chi connectivity index (χ1) is 9.51. The summed E-state index contributed by atoms with van der Waals surface area (Å²) in [6.45, 7) is 3.59. The highest BCUT2D eigenvalue weighted by Gasteiger charge is 2.14. The first-order valence-corrected chi connectivity index (χ1v) is 6.19. The predicted octanol–water partition coefficient (Wildman–Crippen LogP) is 1.88. The SMILES string of the molecule is Cc1cc(-c2noc(CC(O)CC#N)n2)cc(C)c1O. The Kier molecular flexibility index (Phi) is 4.01. The number of benzene rings is 1. The van der Waals surface area contributed by atoms with Gasteiger partial charge < -0.3 is 14.7 Å². The van der Waals surface area contributed by atoms with Gasteiger partial charge in [0.2, 0.25) is 11.7 Å². The quantitative estimate of drug-likeness (QED) is 0.881. The van der Waals surface area contributed by atoms with Crippen LogP contribution in [-0.4, -0.2) is 26.5 Å². The third-order valence-corrected chi connectivity index (χ3v) is 2.95. The highest BCUT2D eigenvalue weighted by Crippen LogP contribution is 2.27. The zero-order chi connectivity index (χ0) is 14.7. The van der Waals surface area contributed by atoms with Crippen LogP contribution in [0.5, 0.6) is 5.75 Å². The third kappa shape index (κ3) is 2.95. The molecule has 20 heavy (non-hydrogen) atoms. The topological polar surface area (TPSA) is 103 Å². The van der Waals surface area contributed by atoms with E-state index in [4.69, 9.17) is 9.78 Å². The zero-order valence-electron chi connectivity index (χ0n) is 11.3. The molecule has 2 aromatic rings. The van der Waals surface area contributed by atoms with E-state index in [9.17, 15) is 10.2 Å². The Balaban J connectivity index is 2.23. The monoisotopic (exact) mass is 273 g/mol. The summed E-state index contributed by atoms with van der Waals surface area (Å²) in [7, 11) is 0. The number of phenols is 1. The second kappa shape index (κ2) is 5.72. The fraction of sp³-hybridized carbons (Fsp3) is 0.357. The summed E-state index contributed by atoms with van der Waals surface area (Å²) in [6, 6.07) is 5.41. The van der Waals surface area contributed by atoms with Crippen LogP contribution in [0.1, 0.15) is 23.4 Å². The fourth-order valence-electron chi connectivity index (χ4n) is 1.92. The van der Waals surface area contributed by atoms with Crippen LogP contribution >= 0.6 is 0 Å². The van der Waals surface area contributed by atoms with Gasteiger partial charge in [0.1, 0.15) is 5.75 Å². The minimum absolute atomic E-state index is 0.0230. The van der Waals surface area contributed by atoms with Crippen molar-refractivity contribution in [3.05, 3.63) is 29.2 Å². The standard InChI is InChI=1S/C14H15N3O3/c1-8-5-10(6-9(2)13(8)19)14-16-12(20-17-14)7-11(18)3-4-15/h5-6,11,18-19H,3,7H2,1-2H3. The van der Waals surface area contributed by atoms with E-state index in [0.717, 1.165) is 16.7 Å². The Bertz CT molecular complexity index is 635. The molecule has 0 radical (unpaired) electrons. The average molecular weight is 273 g/mol. The van der Waals surface area contributed by atoms with Gasteiger partial charge in [-0.2, -0.15) is 10.2 Å². The number of aliphatic hydroxyl groups excluding tert-OH is 1. The van der Waals surface area contributed by atoms with Gasteiger partial charge >= 0.3 is 0 Å². The molecule has 0 amide bonds. The number of nitrogens with zero attached hydrogens (tertiary/aromatic N) is 3. The van der Waals surface area contributed by atoms with Gasteiger partial charge in [-0.3, -0.25) is 0 Å². The lowest BCUT2D eigenvalue weighted by Crippen LogP contribution is -2.09. The molecule has 1 aromatic carbocycles. The fourth-order valence-corrected chi connectivity index (χ4v) is 1.92. The van der Waals surface area contributed by atoms with Gasteiger partial charge in [-0.25, -0.2) is 0 Å².